The topological polar surface area (TPSA) is 46.3 Å². The number of benzene rings is 1. The van der Waals surface area contributed by atoms with Gasteiger partial charge in [0.25, 0.3) is 0 Å². The predicted octanol–water partition coefficient (Wildman–Crippen LogP) is 1.07. The Morgan fingerprint density at radius 3 is 2.60 bits per heavy atom. The van der Waals surface area contributed by atoms with Gasteiger partial charge in [-0.3, -0.25) is 4.79 Å². The van der Waals surface area contributed by atoms with E-state index >= 15 is 0 Å². The number of hydrogen-bond donors (Lipinski definition) is 1. The molecule has 1 radical (unpaired) electrons. The summed E-state index contributed by atoms with van der Waals surface area (Å²) in [5.74, 6) is 0. The molecule has 1 heterocycles. The summed E-state index contributed by atoms with van der Waals surface area (Å²) in [6, 6.07) is 7.89. The molecule has 15 heavy (non-hydrogen) atoms. The second-order valence-corrected chi connectivity index (χ2v) is 3.94. The lowest BCUT2D eigenvalue weighted by Crippen LogP contribution is -2.40. The van der Waals surface area contributed by atoms with Crippen molar-refractivity contribution in [2.45, 2.75) is 18.9 Å². The lowest BCUT2D eigenvalue weighted by Gasteiger charge is -2.32. The summed E-state index contributed by atoms with van der Waals surface area (Å²) in [5.41, 5.74) is 7.47. The summed E-state index contributed by atoms with van der Waals surface area (Å²) >= 11 is 0. The molecule has 79 valence electrons. The number of carbonyl (C=O) groups excluding carboxylic acids is 1. The molecular weight excluding hydrogens is 188 g/mol. The molecule has 1 aliphatic heterocycles. The molecule has 1 aromatic carbocycles. The van der Waals surface area contributed by atoms with E-state index in [2.05, 4.69) is 4.90 Å². The fraction of sp³-hybridized carbons (Fsp3) is 0.417. The maximum absolute atomic E-state index is 10.8. The lowest BCUT2D eigenvalue weighted by molar-refractivity contribution is 0.501. The van der Waals surface area contributed by atoms with Crippen molar-refractivity contribution in [1.29, 1.82) is 0 Å². The molecule has 0 aliphatic carbocycles. The molecule has 0 aromatic heterocycles. The van der Waals surface area contributed by atoms with Gasteiger partial charge in [0.05, 0.1) is 0 Å². The smallest absolute Gasteiger partial charge is 0.235 e. The fourth-order valence-electron chi connectivity index (χ4n) is 1.98. The lowest BCUT2D eigenvalue weighted by atomic mass is 10.0. The maximum atomic E-state index is 10.8. The molecule has 1 saturated heterocycles. The Morgan fingerprint density at radius 1 is 1.27 bits per heavy atom. The van der Waals surface area contributed by atoms with Crippen molar-refractivity contribution < 1.29 is 4.79 Å². The van der Waals surface area contributed by atoms with Crippen molar-refractivity contribution in [1.82, 2.24) is 0 Å². The molecule has 0 amide bonds. The van der Waals surface area contributed by atoms with E-state index in [0.717, 1.165) is 31.6 Å². The third kappa shape index (κ3) is 2.18. The van der Waals surface area contributed by atoms with Gasteiger partial charge in [-0.1, -0.05) is 12.1 Å². The molecule has 0 spiro atoms. The molecule has 0 atom stereocenters. The average molecular weight is 203 g/mol. The van der Waals surface area contributed by atoms with Crippen LogP contribution in [0.1, 0.15) is 18.4 Å². The van der Waals surface area contributed by atoms with Gasteiger partial charge in [-0.25, -0.2) is 0 Å². The second-order valence-electron chi connectivity index (χ2n) is 3.94. The van der Waals surface area contributed by atoms with E-state index < -0.39 is 0 Å². The van der Waals surface area contributed by atoms with E-state index in [9.17, 15) is 4.79 Å². The normalized spacial score (nSPS) is 17.8. The number of rotatable bonds is 2. The van der Waals surface area contributed by atoms with Gasteiger partial charge in [0.1, 0.15) is 0 Å². The first kappa shape index (κ1) is 10.2. The van der Waals surface area contributed by atoms with Crippen LogP contribution in [-0.2, 0) is 4.79 Å². The molecule has 1 aliphatic rings. The van der Waals surface area contributed by atoms with Gasteiger partial charge in [-0.2, -0.15) is 0 Å². The number of para-hydroxylation sites is 1. The van der Waals surface area contributed by atoms with Gasteiger partial charge in [0.15, 0.2) is 0 Å². The standard InChI is InChI=1S/C12H15N2O/c13-11-5-7-14(8-6-11)12-4-2-1-3-10(12)9-15/h1-4,11H,5-8,13H2. The first-order chi connectivity index (χ1) is 7.31. The van der Waals surface area contributed by atoms with E-state index in [1.807, 2.05) is 24.5 Å². The predicted molar refractivity (Wildman–Crippen MR) is 60.7 cm³/mol. The molecular formula is C12H15N2O. The summed E-state index contributed by atoms with van der Waals surface area (Å²) < 4.78 is 0. The number of nitrogens with zero attached hydrogens (tertiary/aromatic N) is 1. The van der Waals surface area contributed by atoms with Crippen LogP contribution in [-0.4, -0.2) is 25.4 Å². The highest BCUT2D eigenvalue weighted by Gasteiger charge is 2.18. The van der Waals surface area contributed by atoms with Crippen LogP contribution in [0.15, 0.2) is 24.3 Å². The van der Waals surface area contributed by atoms with E-state index in [4.69, 9.17) is 5.73 Å². The molecule has 2 rings (SSSR count). The van der Waals surface area contributed by atoms with Crippen LogP contribution in [0, 0.1) is 0 Å². The van der Waals surface area contributed by atoms with Gasteiger partial charge in [0.2, 0.25) is 6.29 Å². The van der Waals surface area contributed by atoms with Crippen molar-refractivity contribution >= 4 is 12.0 Å². The van der Waals surface area contributed by atoms with Gasteiger partial charge in [-0.15, -0.1) is 0 Å². The highest BCUT2D eigenvalue weighted by atomic mass is 16.1. The summed E-state index contributed by atoms with van der Waals surface area (Å²) in [6.45, 7) is 1.86. The molecule has 0 saturated carbocycles. The van der Waals surface area contributed by atoms with Crippen molar-refractivity contribution in [2.75, 3.05) is 18.0 Å². The van der Waals surface area contributed by atoms with Gasteiger partial charge < -0.3 is 10.6 Å². The molecule has 3 nitrogen and oxygen atoms in total. The minimum Gasteiger partial charge on any atom is -0.371 e. The van der Waals surface area contributed by atoms with Crippen LogP contribution in [0.25, 0.3) is 0 Å². The van der Waals surface area contributed by atoms with E-state index in [-0.39, 0.29) is 0 Å². The Kier molecular flexibility index (Phi) is 3.02. The van der Waals surface area contributed by atoms with Crippen LogP contribution in [0.5, 0.6) is 0 Å². The molecule has 2 N–H and O–H groups in total. The van der Waals surface area contributed by atoms with Crippen LogP contribution in [0.3, 0.4) is 0 Å². The Morgan fingerprint density at radius 2 is 1.93 bits per heavy atom. The minimum atomic E-state index is 0.314. The monoisotopic (exact) mass is 203 g/mol. The van der Waals surface area contributed by atoms with E-state index in [0.29, 0.717) is 11.6 Å². The largest absolute Gasteiger partial charge is 0.371 e. The summed E-state index contributed by atoms with van der Waals surface area (Å²) in [7, 11) is 0. The molecule has 0 bridgehead atoms. The van der Waals surface area contributed by atoms with Gasteiger partial charge in [-0.05, 0) is 25.0 Å². The number of hydrogen-bond acceptors (Lipinski definition) is 3. The van der Waals surface area contributed by atoms with Crippen molar-refractivity contribution in [3.63, 3.8) is 0 Å². The van der Waals surface area contributed by atoms with Crippen LogP contribution < -0.4 is 10.6 Å². The van der Waals surface area contributed by atoms with E-state index in [1.165, 1.54) is 0 Å². The molecule has 1 fully saturated rings. The van der Waals surface area contributed by atoms with Crippen molar-refractivity contribution in [2.24, 2.45) is 5.73 Å². The Bertz CT molecular complexity index is 343. The quantitative estimate of drug-likeness (QED) is 0.782. The highest BCUT2D eigenvalue weighted by Crippen LogP contribution is 2.22. The average Bonchev–Trinajstić information content (AvgIpc) is 2.30. The molecule has 3 heteroatoms. The molecule has 1 aromatic rings. The third-order valence-corrected chi connectivity index (χ3v) is 2.89. The summed E-state index contributed by atoms with van der Waals surface area (Å²) in [5, 5.41) is 0. The van der Waals surface area contributed by atoms with E-state index in [1.54, 1.807) is 6.07 Å². The summed E-state index contributed by atoms with van der Waals surface area (Å²) in [6.07, 6.45) is 3.97. The van der Waals surface area contributed by atoms with Crippen LogP contribution in [0.2, 0.25) is 0 Å². The Labute approximate surface area is 89.9 Å². The molecule has 0 unspecified atom stereocenters. The maximum Gasteiger partial charge on any atom is 0.235 e. The van der Waals surface area contributed by atoms with Crippen LogP contribution in [0.4, 0.5) is 5.69 Å². The zero-order valence-corrected chi connectivity index (χ0v) is 8.65. The van der Waals surface area contributed by atoms with Crippen molar-refractivity contribution in [3.05, 3.63) is 29.8 Å². The number of anilines is 1. The number of piperidine rings is 1. The first-order valence-electron chi connectivity index (χ1n) is 5.29. The zero-order valence-electron chi connectivity index (χ0n) is 8.65. The minimum absolute atomic E-state index is 0.314. The first-order valence-corrected chi connectivity index (χ1v) is 5.29. The Balaban J connectivity index is 2.18. The fourth-order valence-corrected chi connectivity index (χ4v) is 1.98. The second kappa shape index (κ2) is 4.45. The van der Waals surface area contributed by atoms with Crippen molar-refractivity contribution in [3.8, 4) is 0 Å². The zero-order chi connectivity index (χ0) is 10.7. The highest BCUT2D eigenvalue weighted by molar-refractivity contribution is 5.84. The third-order valence-electron chi connectivity index (χ3n) is 2.89. The van der Waals surface area contributed by atoms with Gasteiger partial charge in [0, 0.05) is 30.4 Å². The SMILES string of the molecule is NC1CCN(c2ccccc2[C]=O)CC1. The number of nitrogens with two attached hydrogens (primary N) is 1. The van der Waals surface area contributed by atoms with Gasteiger partial charge >= 0.3 is 0 Å². The van der Waals surface area contributed by atoms with Crippen LogP contribution >= 0.6 is 0 Å². The Hall–Kier alpha value is -1.35. The summed E-state index contributed by atoms with van der Waals surface area (Å²) in [4.78, 5) is 13.0.